The number of methoxy groups -OCH3 is 1. The van der Waals surface area contributed by atoms with Crippen LogP contribution in [0.5, 0.6) is 5.75 Å². The van der Waals surface area contributed by atoms with Crippen LogP contribution in [0.1, 0.15) is 23.2 Å². The predicted molar refractivity (Wildman–Crippen MR) is 80.6 cm³/mol. The molecule has 20 heavy (non-hydrogen) atoms. The van der Waals surface area contributed by atoms with Gasteiger partial charge in [-0.1, -0.05) is 11.6 Å². The molecule has 0 spiro atoms. The minimum absolute atomic E-state index is 0.0390. The molecule has 0 saturated carbocycles. The monoisotopic (exact) mass is 296 g/mol. The predicted octanol–water partition coefficient (Wildman–Crippen LogP) is 2.42. The molecule has 2 rings (SSSR count). The first kappa shape index (κ1) is 15.1. The van der Waals surface area contributed by atoms with Gasteiger partial charge in [0.25, 0.3) is 5.91 Å². The molecule has 0 atom stereocenters. The van der Waals surface area contributed by atoms with Crippen LogP contribution in [0.3, 0.4) is 0 Å². The molecule has 1 amide bonds. The lowest BCUT2D eigenvalue weighted by Crippen LogP contribution is -2.37. The topological polar surface area (TPSA) is 41.6 Å². The SMILES string of the molecule is COc1ccc(Cl)cc1C(=O)N(C)CC1CCNCC1. The molecule has 4 nitrogen and oxygen atoms in total. The summed E-state index contributed by atoms with van der Waals surface area (Å²) in [4.78, 5) is 14.3. The zero-order valence-electron chi connectivity index (χ0n) is 12.0. The van der Waals surface area contributed by atoms with E-state index < -0.39 is 0 Å². The lowest BCUT2D eigenvalue weighted by Gasteiger charge is -2.28. The molecule has 1 N–H and O–H groups in total. The van der Waals surface area contributed by atoms with Crippen molar-refractivity contribution in [3.05, 3.63) is 28.8 Å². The fourth-order valence-corrected chi connectivity index (χ4v) is 2.76. The molecule has 110 valence electrons. The second-order valence-electron chi connectivity index (χ2n) is 5.22. The van der Waals surface area contributed by atoms with Gasteiger partial charge in [0.05, 0.1) is 12.7 Å². The Balaban J connectivity index is 2.07. The third-order valence-corrected chi connectivity index (χ3v) is 3.96. The minimum atomic E-state index is -0.0390. The van der Waals surface area contributed by atoms with Gasteiger partial charge in [0.15, 0.2) is 0 Å². The third kappa shape index (κ3) is 3.64. The average Bonchev–Trinajstić information content (AvgIpc) is 2.47. The van der Waals surface area contributed by atoms with Crippen LogP contribution in [0.2, 0.25) is 5.02 Å². The quantitative estimate of drug-likeness (QED) is 0.928. The molecule has 0 radical (unpaired) electrons. The van der Waals surface area contributed by atoms with Crippen molar-refractivity contribution >= 4 is 17.5 Å². The van der Waals surface area contributed by atoms with E-state index in [1.165, 1.54) is 0 Å². The van der Waals surface area contributed by atoms with Crippen LogP contribution < -0.4 is 10.1 Å². The molecule has 5 heteroatoms. The van der Waals surface area contributed by atoms with Crippen molar-refractivity contribution in [2.75, 3.05) is 33.8 Å². The van der Waals surface area contributed by atoms with E-state index in [1.807, 2.05) is 7.05 Å². The second kappa shape index (κ2) is 6.95. The Kier molecular flexibility index (Phi) is 5.26. The van der Waals surface area contributed by atoms with E-state index in [1.54, 1.807) is 30.2 Å². The summed E-state index contributed by atoms with van der Waals surface area (Å²) in [6.07, 6.45) is 2.23. The van der Waals surface area contributed by atoms with Gasteiger partial charge in [0, 0.05) is 18.6 Å². The first-order chi connectivity index (χ1) is 9.61. The minimum Gasteiger partial charge on any atom is -0.496 e. The molecule has 1 aromatic carbocycles. The summed E-state index contributed by atoms with van der Waals surface area (Å²) < 4.78 is 5.25. The molecule has 0 aliphatic carbocycles. The summed E-state index contributed by atoms with van der Waals surface area (Å²) in [5, 5.41) is 3.88. The summed E-state index contributed by atoms with van der Waals surface area (Å²) in [5.74, 6) is 1.09. The summed E-state index contributed by atoms with van der Waals surface area (Å²) in [6, 6.07) is 5.12. The number of benzene rings is 1. The number of nitrogens with one attached hydrogen (secondary N) is 1. The summed E-state index contributed by atoms with van der Waals surface area (Å²) in [6.45, 7) is 2.84. The Hall–Kier alpha value is -1.26. The first-order valence-electron chi connectivity index (χ1n) is 6.91. The van der Waals surface area contributed by atoms with Crippen LogP contribution in [-0.4, -0.2) is 44.6 Å². The number of amides is 1. The number of carbonyl (C=O) groups is 1. The zero-order valence-corrected chi connectivity index (χ0v) is 12.7. The largest absolute Gasteiger partial charge is 0.496 e. The van der Waals surface area contributed by atoms with Crippen molar-refractivity contribution in [1.82, 2.24) is 10.2 Å². The maximum Gasteiger partial charge on any atom is 0.257 e. The lowest BCUT2D eigenvalue weighted by atomic mass is 9.97. The van der Waals surface area contributed by atoms with Gasteiger partial charge in [-0.3, -0.25) is 4.79 Å². The van der Waals surface area contributed by atoms with Gasteiger partial charge in [-0.25, -0.2) is 0 Å². The number of nitrogens with zero attached hydrogens (tertiary/aromatic N) is 1. The van der Waals surface area contributed by atoms with Gasteiger partial charge < -0.3 is 15.0 Å². The molecule has 1 saturated heterocycles. The van der Waals surface area contributed by atoms with Crippen LogP contribution in [0.15, 0.2) is 18.2 Å². The summed E-state index contributed by atoms with van der Waals surface area (Å²) >= 11 is 5.98. The number of rotatable bonds is 4. The Morgan fingerprint density at radius 3 is 2.80 bits per heavy atom. The van der Waals surface area contributed by atoms with Crippen molar-refractivity contribution in [3.63, 3.8) is 0 Å². The average molecular weight is 297 g/mol. The maximum atomic E-state index is 12.5. The van der Waals surface area contributed by atoms with Gasteiger partial charge in [-0.15, -0.1) is 0 Å². The van der Waals surface area contributed by atoms with E-state index >= 15 is 0 Å². The highest BCUT2D eigenvalue weighted by Gasteiger charge is 2.21. The molecular weight excluding hydrogens is 276 g/mol. The van der Waals surface area contributed by atoms with Crippen LogP contribution >= 0.6 is 11.6 Å². The number of piperidine rings is 1. The molecule has 1 heterocycles. The van der Waals surface area contributed by atoms with Gasteiger partial charge >= 0.3 is 0 Å². The highest BCUT2D eigenvalue weighted by atomic mass is 35.5. The van der Waals surface area contributed by atoms with Crippen molar-refractivity contribution in [1.29, 1.82) is 0 Å². The molecule has 0 bridgehead atoms. The normalized spacial score (nSPS) is 15.9. The molecule has 1 fully saturated rings. The molecule has 1 aliphatic heterocycles. The van der Waals surface area contributed by atoms with E-state index in [4.69, 9.17) is 16.3 Å². The fraction of sp³-hybridized carbons (Fsp3) is 0.533. The van der Waals surface area contributed by atoms with E-state index in [9.17, 15) is 4.79 Å². The number of carbonyl (C=O) groups excluding carboxylic acids is 1. The van der Waals surface area contributed by atoms with Gasteiger partial charge in [0.2, 0.25) is 0 Å². The van der Waals surface area contributed by atoms with Crippen molar-refractivity contribution in [2.45, 2.75) is 12.8 Å². The van der Waals surface area contributed by atoms with Gasteiger partial charge in [-0.2, -0.15) is 0 Å². The highest BCUT2D eigenvalue weighted by Crippen LogP contribution is 2.24. The Bertz CT molecular complexity index is 473. The molecular formula is C15H21ClN2O2. The van der Waals surface area contributed by atoms with Crippen LogP contribution in [0, 0.1) is 5.92 Å². The smallest absolute Gasteiger partial charge is 0.257 e. The lowest BCUT2D eigenvalue weighted by molar-refractivity contribution is 0.0759. The van der Waals surface area contributed by atoms with E-state index in [0.29, 0.717) is 22.3 Å². The number of ether oxygens (including phenoxy) is 1. The molecule has 0 unspecified atom stereocenters. The van der Waals surface area contributed by atoms with Gasteiger partial charge in [-0.05, 0) is 50.0 Å². The number of halogens is 1. The van der Waals surface area contributed by atoms with Crippen LogP contribution in [0.25, 0.3) is 0 Å². The first-order valence-corrected chi connectivity index (χ1v) is 7.29. The zero-order chi connectivity index (χ0) is 14.5. The highest BCUT2D eigenvalue weighted by molar-refractivity contribution is 6.31. The number of hydrogen-bond donors (Lipinski definition) is 1. The van der Waals surface area contributed by atoms with E-state index in [-0.39, 0.29) is 5.91 Å². The molecule has 0 aromatic heterocycles. The van der Waals surface area contributed by atoms with Gasteiger partial charge in [0.1, 0.15) is 5.75 Å². The summed E-state index contributed by atoms with van der Waals surface area (Å²) in [7, 11) is 3.40. The van der Waals surface area contributed by atoms with E-state index in [2.05, 4.69) is 5.32 Å². The van der Waals surface area contributed by atoms with E-state index in [0.717, 1.165) is 32.5 Å². The van der Waals surface area contributed by atoms with Crippen molar-refractivity contribution < 1.29 is 9.53 Å². The fourth-order valence-electron chi connectivity index (χ4n) is 2.59. The standard InChI is InChI=1S/C15H21ClN2O2/c1-18(10-11-5-7-17-8-6-11)15(19)13-9-12(16)3-4-14(13)20-2/h3-4,9,11,17H,5-8,10H2,1-2H3. The Labute approximate surface area is 125 Å². The molecule has 1 aliphatic rings. The second-order valence-corrected chi connectivity index (χ2v) is 5.66. The number of hydrogen-bond acceptors (Lipinski definition) is 3. The Morgan fingerprint density at radius 2 is 2.15 bits per heavy atom. The summed E-state index contributed by atoms with van der Waals surface area (Å²) in [5.41, 5.74) is 0.524. The Morgan fingerprint density at radius 1 is 1.45 bits per heavy atom. The van der Waals surface area contributed by atoms with Crippen molar-refractivity contribution in [2.24, 2.45) is 5.92 Å². The molecule has 1 aromatic rings. The third-order valence-electron chi connectivity index (χ3n) is 3.73. The van der Waals surface area contributed by atoms with Crippen molar-refractivity contribution in [3.8, 4) is 5.75 Å². The van der Waals surface area contributed by atoms with Crippen LogP contribution in [-0.2, 0) is 0 Å². The maximum absolute atomic E-state index is 12.5. The van der Waals surface area contributed by atoms with Crippen LogP contribution in [0.4, 0.5) is 0 Å².